The Morgan fingerprint density at radius 1 is 1.30 bits per heavy atom. The third kappa shape index (κ3) is 0.699. The Balaban J connectivity index is 2.74. The van der Waals surface area contributed by atoms with E-state index in [1.165, 1.54) is 12.5 Å². The number of fused-ring (bicyclic) bond motifs is 1. The minimum atomic E-state index is 0.619. The lowest BCUT2D eigenvalue weighted by Gasteiger charge is -1.77. The van der Waals surface area contributed by atoms with Gasteiger partial charge in [-0.1, -0.05) is 0 Å². The summed E-state index contributed by atoms with van der Waals surface area (Å²) in [5.74, 6) is 0.619. The van der Waals surface area contributed by atoms with Gasteiger partial charge in [0.1, 0.15) is 6.26 Å². The number of hydrogen-bond donors (Lipinski definition) is 1. The molecule has 0 aliphatic carbocycles. The van der Waals surface area contributed by atoms with Crippen molar-refractivity contribution in [1.29, 1.82) is 0 Å². The van der Waals surface area contributed by atoms with Gasteiger partial charge >= 0.3 is 0 Å². The second-order valence-electron chi connectivity index (χ2n) is 1.80. The predicted molar refractivity (Wildman–Crippen MR) is 31.8 cm³/mol. The molecule has 1 N–H and O–H groups in total. The molecule has 0 atom stereocenters. The number of aromatic amines is 1. The third-order valence-electron chi connectivity index (χ3n) is 1.18. The molecule has 0 aromatic carbocycles. The maximum absolute atomic E-state index is 4.90. The second kappa shape index (κ2) is 1.98. The number of rotatable bonds is 0. The van der Waals surface area contributed by atoms with Crippen molar-refractivity contribution < 1.29 is 13.7 Å². The fraction of sp³-hybridized carbons (Fsp3) is 0. The Morgan fingerprint density at radius 2 is 2.30 bits per heavy atom. The van der Waals surface area contributed by atoms with E-state index in [9.17, 15) is 0 Å². The predicted octanol–water partition coefficient (Wildman–Crippen LogP) is 2.02. The third-order valence-corrected chi connectivity index (χ3v) is 1.18. The van der Waals surface area contributed by atoms with Crippen molar-refractivity contribution in [3.8, 4) is 11.3 Å². The smallest absolute Gasteiger partial charge is 0.203 e. The van der Waals surface area contributed by atoms with Crippen molar-refractivity contribution in [2.45, 2.75) is 0 Å². The van der Waals surface area contributed by atoms with E-state index in [0.29, 0.717) is 5.76 Å². The van der Waals surface area contributed by atoms with Crippen LogP contribution in [0.4, 0.5) is 0 Å². The van der Waals surface area contributed by atoms with Crippen molar-refractivity contribution in [3.63, 3.8) is 0 Å². The average Bonchev–Trinajstić information content (AvgIpc) is 2.28. The quantitative estimate of drug-likeness (QED) is 0.568. The van der Waals surface area contributed by atoms with Crippen LogP contribution in [0.1, 0.15) is 0 Å². The molecular formula is C6H5NO3. The van der Waals surface area contributed by atoms with Gasteiger partial charge in [-0.25, -0.2) is 5.16 Å². The van der Waals surface area contributed by atoms with Gasteiger partial charge in [-0.2, -0.15) is 0 Å². The Hall–Kier alpha value is -1.58. The van der Waals surface area contributed by atoms with Crippen LogP contribution in [0.5, 0.6) is 0 Å². The lowest BCUT2D eigenvalue weighted by molar-refractivity contribution is 0.0479. The van der Waals surface area contributed by atoms with Crippen LogP contribution in [-0.4, -0.2) is 5.16 Å². The fourth-order valence-electron chi connectivity index (χ4n) is 0.713. The largest absolute Gasteiger partial charge is 0.379 e. The molecule has 0 fully saturated rings. The van der Waals surface area contributed by atoms with Gasteiger partial charge in [0.05, 0.1) is 0 Å². The highest BCUT2D eigenvalue weighted by molar-refractivity contribution is 5.53. The van der Waals surface area contributed by atoms with Crippen molar-refractivity contribution in [1.82, 2.24) is 5.16 Å². The van der Waals surface area contributed by atoms with Gasteiger partial charge in [0.25, 0.3) is 0 Å². The molecule has 52 valence electrons. The van der Waals surface area contributed by atoms with Crippen LogP contribution in [0, 0.1) is 0 Å². The first-order valence-corrected chi connectivity index (χ1v) is 2.78. The van der Waals surface area contributed by atoms with Gasteiger partial charge in [0.15, 0.2) is 6.26 Å². The monoisotopic (exact) mass is 139 g/mol. The minimum Gasteiger partial charge on any atom is -0.379 e. The van der Waals surface area contributed by atoms with Crippen molar-refractivity contribution in [3.05, 3.63) is 24.8 Å². The van der Waals surface area contributed by atoms with Crippen LogP contribution in [0.2, 0.25) is 0 Å². The molecule has 4 heteroatoms. The van der Waals surface area contributed by atoms with Crippen LogP contribution in [-0.2, 0) is 0 Å². The topological polar surface area (TPSA) is 55.2 Å². The van der Waals surface area contributed by atoms with Crippen LogP contribution < -0.4 is 0 Å². The van der Waals surface area contributed by atoms with Crippen LogP contribution >= 0.6 is 0 Å². The first-order chi connectivity index (χ1) is 4.97. The van der Waals surface area contributed by atoms with E-state index in [1.54, 1.807) is 12.3 Å². The minimum absolute atomic E-state index is 0.619. The van der Waals surface area contributed by atoms with Gasteiger partial charge in [-0.3, -0.25) is 9.15 Å². The highest BCUT2D eigenvalue weighted by atomic mass is 17.0. The molecule has 2 rings (SSSR count). The maximum Gasteiger partial charge on any atom is 0.203 e. The van der Waals surface area contributed by atoms with Crippen molar-refractivity contribution in [2.24, 2.45) is 0 Å². The zero-order valence-electron chi connectivity index (χ0n) is 5.03. The molecule has 2 aliphatic heterocycles. The van der Waals surface area contributed by atoms with E-state index in [1.807, 2.05) is 0 Å². The number of nitrogens with one attached hydrogen (secondary N) is 1. The average molecular weight is 139 g/mol. The van der Waals surface area contributed by atoms with E-state index >= 15 is 0 Å². The Labute approximate surface area is 56.0 Å². The summed E-state index contributed by atoms with van der Waals surface area (Å²) in [6.07, 6.45) is 4.53. The Bertz CT molecular complexity index is 284. The Kier molecular flexibility index (Phi) is 1.04. The lowest BCUT2D eigenvalue weighted by atomic mass is 10.3. The van der Waals surface area contributed by atoms with Crippen LogP contribution in [0.25, 0.3) is 11.3 Å². The van der Waals surface area contributed by atoms with Gasteiger partial charge in [-0.05, 0) is 6.07 Å². The molecule has 0 saturated heterocycles. The molecule has 0 aromatic rings. The van der Waals surface area contributed by atoms with E-state index in [0.717, 1.165) is 5.56 Å². The summed E-state index contributed by atoms with van der Waals surface area (Å²) < 4.78 is 14.0. The summed E-state index contributed by atoms with van der Waals surface area (Å²) in [5, 5.41) is 2.57. The summed E-state index contributed by atoms with van der Waals surface area (Å²) in [4.78, 5) is 0. The van der Waals surface area contributed by atoms with Gasteiger partial charge in [0, 0.05) is 11.8 Å². The summed E-state index contributed by atoms with van der Waals surface area (Å²) in [5.41, 5.74) is 0.900. The lowest BCUT2D eigenvalue weighted by Crippen LogP contribution is -1.59. The molecule has 0 amide bonds. The highest BCUT2D eigenvalue weighted by Gasteiger charge is 2.01. The first kappa shape index (κ1) is 5.22. The zero-order chi connectivity index (χ0) is 6.81. The number of hydrogen-bond acceptors (Lipinski definition) is 3. The zero-order valence-corrected chi connectivity index (χ0v) is 5.03. The molecular weight excluding hydrogens is 134 g/mol. The standard InChI is InChI=1S/C6H5NO3/c1-2-8-9-4-6-5(1)3-7-10-6/h1-4,7H. The first-order valence-electron chi connectivity index (χ1n) is 2.78. The summed E-state index contributed by atoms with van der Waals surface area (Å²) >= 11 is 0. The van der Waals surface area contributed by atoms with Crippen molar-refractivity contribution >= 4 is 0 Å². The number of aromatic nitrogens is 1. The van der Waals surface area contributed by atoms with Crippen LogP contribution in [0.3, 0.4) is 0 Å². The normalized spacial score (nSPS) is 10.0. The maximum atomic E-state index is 4.90. The molecule has 4 nitrogen and oxygen atoms in total. The van der Waals surface area contributed by atoms with E-state index in [2.05, 4.69) is 14.3 Å². The van der Waals surface area contributed by atoms with Gasteiger partial charge in [0.2, 0.25) is 5.76 Å². The molecule has 0 radical (unpaired) electrons. The van der Waals surface area contributed by atoms with Gasteiger partial charge < -0.3 is 4.52 Å². The molecule has 2 aliphatic rings. The molecule has 10 heavy (non-hydrogen) atoms. The Morgan fingerprint density at radius 3 is 3.30 bits per heavy atom. The van der Waals surface area contributed by atoms with Crippen molar-refractivity contribution in [2.75, 3.05) is 0 Å². The fourth-order valence-corrected chi connectivity index (χ4v) is 0.713. The van der Waals surface area contributed by atoms with Crippen LogP contribution in [0.15, 0.2) is 38.5 Å². The van der Waals surface area contributed by atoms with E-state index in [4.69, 9.17) is 4.52 Å². The molecule has 2 heterocycles. The molecule has 0 aromatic heterocycles. The molecule has 0 saturated carbocycles. The van der Waals surface area contributed by atoms with E-state index < -0.39 is 0 Å². The van der Waals surface area contributed by atoms with E-state index in [-0.39, 0.29) is 0 Å². The summed E-state index contributed by atoms with van der Waals surface area (Å²) in [7, 11) is 0. The molecule has 0 unspecified atom stereocenters. The molecule has 0 bridgehead atoms. The molecule has 0 spiro atoms. The highest BCUT2D eigenvalue weighted by Crippen LogP contribution is 2.17. The SMILES string of the molecule is c1cc2c[nH]oc-2coo1. The van der Waals surface area contributed by atoms with Gasteiger partial charge in [-0.15, -0.1) is 0 Å². The summed E-state index contributed by atoms with van der Waals surface area (Å²) in [6, 6.07) is 1.73. The second-order valence-corrected chi connectivity index (χ2v) is 1.80. The summed E-state index contributed by atoms with van der Waals surface area (Å²) in [6.45, 7) is 0. The number of H-pyrrole nitrogens is 1.